The first-order valence-electron chi connectivity index (χ1n) is 6.42. The van der Waals surface area contributed by atoms with Gasteiger partial charge in [0.15, 0.2) is 11.6 Å². The average molecular weight is 338 g/mol. The van der Waals surface area contributed by atoms with E-state index in [2.05, 4.69) is 34.2 Å². The van der Waals surface area contributed by atoms with Gasteiger partial charge < -0.3 is 10.1 Å². The van der Waals surface area contributed by atoms with Gasteiger partial charge in [-0.3, -0.25) is 0 Å². The van der Waals surface area contributed by atoms with Crippen molar-refractivity contribution in [3.05, 3.63) is 63.9 Å². The lowest BCUT2D eigenvalue weighted by Crippen LogP contribution is -2.18. The van der Waals surface area contributed by atoms with Gasteiger partial charge in [-0.15, -0.1) is 0 Å². The number of methoxy groups -OCH3 is 1. The van der Waals surface area contributed by atoms with E-state index in [1.165, 1.54) is 7.11 Å². The number of hydrogen-bond donors (Lipinski definition) is 1. The molecule has 0 fully saturated rings. The van der Waals surface area contributed by atoms with Crippen molar-refractivity contribution in [2.24, 2.45) is 0 Å². The van der Waals surface area contributed by atoms with Crippen LogP contribution in [-0.2, 0) is 6.54 Å². The van der Waals surface area contributed by atoms with Crippen molar-refractivity contribution in [1.82, 2.24) is 5.32 Å². The lowest BCUT2D eigenvalue weighted by Gasteiger charge is -2.15. The Balaban J connectivity index is 2.05. The summed E-state index contributed by atoms with van der Waals surface area (Å²) in [4.78, 5) is 0. The second kappa shape index (κ2) is 6.86. The molecule has 106 valence electrons. The van der Waals surface area contributed by atoms with Gasteiger partial charge in [0.2, 0.25) is 0 Å². The van der Waals surface area contributed by atoms with Gasteiger partial charge in [0.25, 0.3) is 0 Å². The van der Waals surface area contributed by atoms with Crippen LogP contribution in [0.3, 0.4) is 0 Å². The Kier molecular flexibility index (Phi) is 5.15. The Labute approximate surface area is 127 Å². The maximum absolute atomic E-state index is 14.0. The van der Waals surface area contributed by atoms with Crippen LogP contribution in [0.4, 0.5) is 4.39 Å². The van der Waals surface area contributed by atoms with E-state index >= 15 is 0 Å². The SMILES string of the molecule is COc1cccc(CN[C@@H](C)c2cccc(Br)c2)c1F. The highest BCUT2D eigenvalue weighted by Gasteiger charge is 2.10. The van der Waals surface area contributed by atoms with Crippen molar-refractivity contribution in [2.45, 2.75) is 19.5 Å². The van der Waals surface area contributed by atoms with E-state index in [9.17, 15) is 4.39 Å². The first kappa shape index (κ1) is 15.0. The summed E-state index contributed by atoms with van der Waals surface area (Å²) in [5, 5.41) is 3.32. The van der Waals surface area contributed by atoms with Crippen LogP contribution in [0.2, 0.25) is 0 Å². The third-order valence-electron chi connectivity index (χ3n) is 3.21. The molecule has 2 aromatic rings. The molecule has 4 heteroatoms. The fraction of sp³-hybridized carbons (Fsp3) is 0.250. The van der Waals surface area contributed by atoms with Gasteiger partial charge >= 0.3 is 0 Å². The molecule has 2 nitrogen and oxygen atoms in total. The van der Waals surface area contributed by atoms with Gasteiger partial charge in [-0.2, -0.15) is 0 Å². The molecule has 0 heterocycles. The zero-order chi connectivity index (χ0) is 14.5. The first-order valence-corrected chi connectivity index (χ1v) is 7.21. The Morgan fingerprint density at radius 3 is 2.70 bits per heavy atom. The molecule has 0 aliphatic rings. The normalized spacial score (nSPS) is 12.2. The summed E-state index contributed by atoms with van der Waals surface area (Å²) in [5.41, 5.74) is 1.76. The van der Waals surface area contributed by atoms with E-state index in [1.807, 2.05) is 18.2 Å². The van der Waals surface area contributed by atoms with E-state index in [-0.39, 0.29) is 17.6 Å². The lowest BCUT2D eigenvalue weighted by molar-refractivity contribution is 0.382. The van der Waals surface area contributed by atoms with Crippen molar-refractivity contribution >= 4 is 15.9 Å². The number of hydrogen-bond acceptors (Lipinski definition) is 2. The molecule has 0 bridgehead atoms. The highest BCUT2D eigenvalue weighted by molar-refractivity contribution is 9.10. The predicted octanol–water partition coefficient (Wildman–Crippen LogP) is 4.45. The molecule has 0 aliphatic carbocycles. The van der Waals surface area contributed by atoms with Crippen molar-refractivity contribution in [1.29, 1.82) is 0 Å². The van der Waals surface area contributed by atoms with Crippen LogP contribution in [-0.4, -0.2) is 7.11 Å². The molecule has 0 amide bonds. The van der Waals surface area contributed by atoms with Crippen molar-refractivity contribution in [2.75, 3.05) is 7.11 Å². The van der Waals surface area contributed by atoms with Gasteiger partial charge in [-0.1, -0.05) is 40.2 Å². The zero-order valence-corrected chi connectivity index (χ0v) is 13.1. The molecule has 1 atom stereocenters. The number of benzene rings is 2. The summed E-state index contributed by atoms with van der Waals surface area (Å²) < 4.78 is 20.0. The Morgan fingerprint density at radius 1 is 1.25 bits per heavy atom. The van der Waals surface area contributed by atoms with Crippen LogP contribution in [0, 0.1) is 5.82 Å². The zero-order valence-electron chi connectivity index (χ0n) is 11.5. The molecule has 0 saturated heterocycles. The molecule has 0 aliphatic heterocycles. The van der Waals surface area contributed by atoms with E-state index < -0.39 is 0 Å². The molecular weight excluding hydrogens is 321 g/mol. The minimum atomic E-state index is -0.302. The van der Waals surface area contributed by atoms with Crippen LogP contribution in [0.25, 0.3) is 0 Å². The van der Waals surface area contributed by atoms with E-state index in [4.69, 9.17) is 4.74 Å². The molecule has 20 heavy (non-hydrogen) atoms. The Morgan fingerprint density at radius 2 is 2.00 bits per heavy atom. The second-order valence-electron chi connectivity index (χ2n) is 4.59. The van der Waals surface area contributed by atoms with Crippen molar-refractivity contribution < 1.29 is 9.13 Å². The summed E-state index contributed by atoms with van der Waals surface area (Å²) in [6.07, 6.45) is 0. The molecule has 0 aromatic heterocycles. The van der Waals surface area contributed by atoms with Crippen molar-refractivity contribution in [3.8, 4) is 5.75 Å². The summed E-state index contributed by atoms with van der Waals surface area (Å²) in [7, 11) is 1.47. The van der Waals surface area contributed by atoms with Crippen LogP contribution < -0.4 is 10.1 Å². The largest absolute Gasteiger partial charge is 0.494 e. The Hall–Kier alpha value is -1.39. The van der Waals surface area contributed by atoms with Crippen LogP contribution in [0.5, 0.6) is 5.75 Å². The number of nitrogens with one attached hydrogen (secondary N) is 1. The molecule has 1 N–H and O–H groups in total. The summed E-state index contributed by atoms with van der Waals surface area (Å²) in [6.45, 7) is 2.51. The molecule has 0 saturated carbocycles. The topological polar surface area (TPSA) is 21.3 Å². The van der Waals surface area contributed by atoms with Gasteiger partial charge in [0.05, 0.1) is 7.11 Å². The molecule has 0 radical (unpaired) electrons. The summed E-state index contributed by atoms with van der Waals surface area (Å²) >= 11 is 3.45. The molecule has 2 aromatic carbocycles. The smallest absolute Gasteiger partial charge is 0.169 e. The Bertz CT molecular complexity index is 588. The van der Waals surface area contributed by atoms with Gasteiger partial charge in [-0.05, 0) is 30.7 Å². The number of rotatable bonds is 5. The quantitative estimate of drug-likeness (QED) is 0.870. The fourth-order valence-corrected chi connectivity index (χ4v) is 2.42. The average Bonchev–Trinajstić information content (AvgIpc) is 2.46. The minimum Gasteiger partial charge on any atom is -0.494 e. The van der Waals surface area contributed by atoms with Crippen molar-refractivity contribution in [3.63, 3.8) is 0 Å². The molecule has 0 unspecified atom stereocenters. The summed E-state index contributed by atoms with van der Waals surface area (Å²) in [6, 6.07) is 13.4. The molecule has 2 rings (SSSR count). The van der Waals surface area contributed by atoms with Crippen LogP contribution in [0.15, 0.2) is 46.9 Å². The fourth-order valence-electron chi connectivity index (χ4n) is 2.01. The third-order valence-corrected chi connectivity index (χ3v) is 3.70. The number of halogens is 2. The minimum absolute atomic E-state index is 0.137. The van der Waals surface area contributed by atoms with E-state index in [0.717, 1.165) is 10.0 Å². The summed E-state index contributed by atoms with van der Waals surface area (Å²) in [5.74, 6) is -0.0247. The van der Waals surface area contributed by atoms with Crippen LogP contribution >= 0.6 is 15.9 Å². The van der Waals surface area contributed by atoms with E-state index in [1.54, 1.807) is 18.2 Å². The maximum atomic E-state index is 14.0. The van der Waals surface area contributed by atoms with E-state index in [0.29, 0.717) is 12.1 Å². The lowest BCUT2D eigenvalue weighted by atomic mass is 10.1. The van der Waals surface area contributed by atoms with Gasteiger partial charge in [0.1, 0.15) is 0 Å². The molecular formula is C16H17BrFNO. The highest BCUT2D eigenvalue weighted by Crippen LogP contribution is 2.22. The van der Waals surface area contributed by atoms with Crippen LogP contribution in [0.1, 0.15) is 24.1 Å². The monoisotopic (exact) mass is 337 g/mol. The molecule has 0 spiro atoms. The second-order valence-corrected chi connectivity index (χ2v) is 5.51. The highest BCUT2D eigenvalue weighted by atomic mass is 79.9. The standard InChI is InChI=1S/C16H17BrFNO/c1-11(12-5-3-7-14(17)9-12)19-10-13-6-4-8-15(20-2)16(13)18/h3-9,11,19H,10H2,1-2H3/t11-/m0/s1. The number of ether oxygens (including phenoxy) is 1. The maximum Gasteiger partial charge on any atom is 0.169 e. The predicted molar refractivity (Wildman–Crippen MR) is 82.3 cm³/mol. The van der Waals surface area contributed by atoms with Gasteiger partial charge in [0, 0.05) is 22.6 Å². The van der Waals surface area contributed by atoms with Gasteiger partial charge in [-0.25, -0.2) is 4.39 Å². The third kappa shape index (κ3) is 3.58. The first-order chi connectivity index (χ1) is 9.61.